The van der Waals surface area contributed by atoms with E-state index in [4.69, 9.17) is 0 Å². The summed E-state index contributed by atoms with van der Waals surface area (Å²) < 4.78 is 38.4. The van der Waals surface area contributed by atoms with Crippen molar-refractivity contribution in [1.82, 2.24) is 5.32 Å². The Kier molecular flexibility index (Phi) is 3.78. The fourth-order valence-corrected chi connectivity index (χ4v) is 1.95. The van der Waals surface area contributed by atoms with Gasteiger partial charge in [0.15, 0.2) is 0 Å². The topological polar surface area (TPSA) is 12.0 Å². The smallest absolute Gasteiger partial charge is 0.316 e. The highest BCUT2D eigenvalue weighted by Gasteiger charge is 2.32. The zero-order chi connectivity index (χ0) is 11.6. The van der Waals surface area contributed by atoms with Crippen LogP contribution in [0.4, 0.5) is 13.2 Å². The minimum atomic E-state index is -4.28. The van der Waals surface area contributed by atoms with Crippen molar-refractivity contribution in [1.29, 1.82) is 0 Å². The van der Waals surface area contributed by atoms with E-state index in [0.29, 0.717) is 16.6 Å². The molecular formula is C10H11BrF3N. The van der Waals surface area contributed by atoms with Crippen LogP contribution in [0.2, 0.25) is 0 Å². The molecule has 0 saturated carbocycles. The van der Waals surface area contributed by atoms with Crippen molar-refractivity contribution in [3.05, 3.63) is 33.3 Å². The van der Waals surface area contributed by atoms with Gasteiger partial charge in [0.25, 0.3) is 0 Å². The lowest BCUT2D eigenvalue weighted by Gasteiger charge is -2.13. The van der Waals surface area contributed by atoms with Gasteiger partial charge >= 0.3 is 6.18 Å². The molecule has 0 aliphatic rings. The van der Waals surface area contributed by atoms with Gasteiger partial charge in [-0.1, -0.05) is 15.9 Å². The molecule has 0 heterocycles. The lowest BCUT2D eigenvalue weighted by Crippen LogP contribution is -2.11. The Morgan fingerprint density at radius 1 is 1.33 bits per heavy atom. The monoisotopic (exact) mass is 281 g/mol. The van der Waals surface area contributed by atoms with Gasteiger partial charge < -0.3 is 5.32 Å². The Morgan fingerprint density at radius 2 is 1.93 bits per heavy atom. The van der Waals surface area contributed by atoms with Gasteiger partial charge in [0.05, 0.1) is 5.56 Å². The number of benzene rings is 1. The largest absolute Gasteiger partial charge is 0.416 e. The first kappa shape index (κ1) is 12.5. The third-order valence-corrected chi connectivity index (χ3v) is 2.80. The van der Waals surface area contributed by atoms with E-state index in [1.165, 1.54) is 19.1 Å². The highest BCUT2D eigenvalue weighted by molar-refractivity contribution is 9.10. The number of alkyl halides is 3. The zero-order valence-corrected chi connectivity index (χ0v) is 9.96. The van der Waals surface area contributed by atoms with E-state index in [0.717, 1.165) is 0 Å². The van der Waals surface area contributed by atoms with Crippen molar-refractivity contribution < 1.29 is 13.2 Å². The summed E-state index contributed by atoms with van der Waals surface area (Å²) >= 11 is 3.24. The van der Waals surface area contributed by atoms with Crippen molar-refractivity contribution in [2.75, 3.05) is 7.05 Å². The Labute approximate surface area is 94.8 Å². The third-order valence-electron chi connectivity index (χ3n) is 2.07. The Morgan fingerprint density at radius 3 is 2.40 bits per heavy atom. The number of aryl methyl sites for hydroxylation is 1. The molecule has 0 radical (unpaired) electrons. The molecule has 0 spiro atoms. The maximum Gasteiger partial charge on any atom is 0.416 e. The summed E-state index contributed by atoms with van der Waals surface area (Å²) in [5.74, 6) is 0. The summed E-state index contributed by atoms with van der Waals surface area (Å²) in [6.07, 6.45) is -4.28. The number of rotatable bonds is 2. The summed E-state index contributed by atoms with van der Waals surface area (Å²) in [5, 5.41) is 2.83. The Balaban J connectivity index is 3.23. The molecule has 1 nitrogen and oxygen atoms in total. The second-order valence-electron chi connectivity index (χ2n) is 3.29. The number of hydrogen-bond acceptors (Lipinski definition) is 1. The normalized spacial score (nSPS) is 11.9. The van der Waals surface area contributed by atoms with E-state index >= 15 is 0 Å². The molecular weight excluding hydrogens is 271 g/mol. The fourth-order valence-electron chi connectivity index (χ4n) is 1.35. The predicted octanol–water partition coefficient (Wildman–Crippen LogP) is 3.50. The van der Waals surface area contributed by atoms with Gasteiger partial charge in [-0.2, -0.15) is 13.2 Å². The van der Waals surface area contributed by atoms with Crippen molar-refractivity contribution in [3.63, 3.8) is 0 Å². The van der Waals surface area contributed by atoms with Crippen LogP contribution in [-0.2, 0) is 12.7 Å². The molecule has 5 heteroatoms. The van der Waals surface area contributed by atoms with Gasteiger partial charge in [0.2, 0.25) is 0 Å². The molecule has 0 aliphatic carbocycles. The first-order chi connectivity index (χ1) is 6.86. The summed E-state index contributed by atoms with van der Waals surface area (Å²) in [6.45, 7) is 1.86. The predicted molar refractivity (Wildman–Crippen MR) is 56.6 cm³/mol. The summed E-state index contributed by atoms with van der Waals surface area (Å²) in [4.78, 5) is 0. The molecule has 1 N–H and O–H groups in total. The van der Waals surface area contributed by atoms with Crippen molar-refractivity contribution in [2.24, 2.45) is 0 Å². The molecule has 1 aromatic carbocycles. The first-order valence-electron chi connectivity index (χ1n) is 4.37. The van der Waals surface area contributed by atoms with Crippen LogP contribution < -0.4 is 5.32 Å². The molecule has 0 fully saturated rings. The lowest BCUT2D eigenvalue weighted by atomic mass is 10.0. The van der Waals surface area contributed by atoms with Gasteiger partial charge in [0, 0.05) is 11.0 Å². The van der Waals surface area contributed by atoms with Crippen LogP contribution in [0.1, 0.15) is 16.7 Å². The van der Waals surface area contributed by atoms with Crippen molar-refractivity contribution >= 4 is 15.9 Å². The molecule has 1 rings (SSSR count). The van der Waals surface area contributed by atoms with Crippen LogP contribution in [0.5, 0.6) is 0 Å². The van der Waals surface area contributed by atoms with Gasteiger partial charge in [-0.05, 0) is 37.2 Å². The number of hydrogen-bond donors (Lipinski definition) is 1. The van der Waals surface area contributed by atoms with Crippen molar-refractivity contribution in [3.8, 4) is 0 Å². The van der Waals surface area contributed by atoms with E-state index in [9.17, 15) is 13.2 Å². The molecule has 15 heavy (non-hydrogen) atoms. The van der Waals surface area contributed by atoms with E-state index < -0.39 is 11.7 Å². The van der Waals surface area contributed by atoms with E-state index in [1.54, 1.807) is 7.05 Å². The molecule has 0 amide bonds. The maximum atomic E-state index is 12.6. The maximum absolute atomic E-state index is 12.6. The summed E-state index contributed by atoms with van der Waals surface area (Å²) in [5.41, 5.74) is 0.264. The van der Waals surface area contributed by atoms with Crippen LogP contribution in [-0.4, -0.2) is 7.05 Å². The Hall–Kier alpha value is -0.550. The van der Waals surface area contributed by atoms with Gasteiger partial charge in [-0.3, -0.25) is 0 Å². The second-order valence-corrected chi connectivity index (χ2v) is 4.14. The van der Waals surface area contributed by atoms with Crippen LogP contribution >= 0.6 is 15.9 Å². The van der Waals surface area contributed by atoms with Gasteiger partial charge in [0.1, 0.15) is 0 Å². The van der Waals surface area contributed by atoms with Gasteiger partial charge in [-0.15, -0.1) is 0 Å². The second kappa shape index (κ2) is 4.53. The fraction of sp³-hybridized carbons (Fsp3) is 0.400. The quantitative estimate of drug-likeness (QED) is 0.875. The summed E-state index contributed by atoms with van der Waals surface area (Å²) in [7, 11) is 1.69. The highest BCUT2D eigenvalue weighted by atomic mass is 79.9. The van der Waals surface area contributed by atoms with Crippen LogP contribution in [0.25, 0.3) is 0 Å². The average Bonchev–Trinajstić information content (AvgIpc) is 2.07. The highest BCUT2D eigenvalue weighted by Crippen LogP contribution is 2.34. The van der Waals surface area contributed by atoms with Crippen LogP contribution in [0, 0.1) is 6.92 Å². The SMILES string of the molecule is CNCc1cc(C(F)(F)F)c(C)cc1Br. The summed E-state index contributed by atoms with van der Waals surface area (Å²) in [6, 6.07) is 2.67. The van der Waals surface area contributed by atoms with Crippen LogP contribution in [0.15, 0.2) is 16.6 Å². The molecule has 0 saturated heterocycles. The number of nitrogens with one attached hydrogen (secondary N) is 1. The van der Waals surface area contributed by atoms with Gasteiger partial charge in [-0.25, -0.2) is 0 Å². The van der Waals surface area contributed by atoms with E-state index in [1.807, 2.05) is 0 Å². The van der Waals surface area contributed by atoms with E-state index in [-0.39, 0.29) is 5.56 Å². The van der Waals surface area contributed by atoms with E-state index in [2.05, 4.69) is 21.2 Å². The molecule has 84 valence electrons. The molecule has 0 unspecified atom stereocenters. The average molecular weight is 282 g/mol. The minimum absolute atomic E-state index is 0.231. The number of halogens is 4. The zero-order valence-electron chi connectivity index (χ0n) is 8.37. The minimum Gasteiger partial charge on any atom is -0.316 e. The lowest BCUT2D eigenvalue weighted by molar-refractivity contribution is -0.138. The van der Waals surface area contributed by atoms with Crippen molar-refractivity contribution in [2.45, 2.75) is 19.6 Å². The molecule has 0 aromatic heterocycles. The third kappa shape index (κ3) is 2.95. The molecule has 1 aromatic rings. The van der Waals surface area contributed by atoms with Crippen LogP contribution in [0.3, 0.4) is 0 Å². The molecule has 0 atom stereocenters. The Bertz CT molecular complexity index is 360. The standard InChI is InChI=1S/C10H11BrF3N/c1-6-3-9(11)7(5-15-2)4-8(6)10(12,13)14/h3-4,15H,5H2,1-2H3. The molecule has 0 bridgehead atoms. The molecule has 0 aliphatic heterocycles. The first-order valence-corrected chi connectivity index (χ1v) is 5.16.